The van der Waals surface area contributed by atoms with Crippen LogP contribution in [0.3, 0.4) is 0 Å². The van der Waals surface area contributed by atoms with E-state index in [-0.39, 0.29) is 34.4 Å². The van der Waals surface area contributed by atoms with Gasteiger partial charge in [0.1, 0.15) is 34.5 Å². The Bertz CT molecular complexity index is 706. The molecule has 0 radical (unpaired) electrons. The number of alkyl halides is 2. The van der Waals surface area contributed by atoms with Crippen LogP contribution in [-0.2, 0) is 0 Å². The minimum atomic E-state index is -2.78. The van der Waals surface area contributed by atoms with Crippen LogP contribution in [0.25, 0.3) is 0 Å². The summed E-state index contributed by atoms with van der Waals surface area (Å²) in [5.74, 6) is 0.343. The van der Waals surface area contributed by atoms with Crippen molar-refractivity contribution >= 4 is 40.6 Å². The number of hydrogen-bond acceptors (Lipinski definition) is 5. The van der Waals surface area contributed by atoms with E-state index in [1.807, 2.05) is 6.92 Å². The van der Waals surface area contributed by atoms with E-state index in [1.165, 1.54) is 12.3 Å². The van der Waals surface area contributed by atoms with Crippen LogP contribution in [0.2, 0.25) is 15.1 Å². The van der Waals surface area contributed by atoms with E-state index in [0.717, 1.165) is 6.33 Å². The summed E-state index contributed by atoms with van der Waals surface area (Å²) in [6.45, 7) is 2.07. The van der Waals surface area contributed by atoms with Gasteiger partial charge in [-0.05, 0) is 12.5 Å². The second kappa shape index (κ2) is 8.60. The van der Waals surface area contributed by atoms with Crippen molar-refractivity contribution in [3.05, 3.63) is 39.4 Å². The molecule has 1 atom stereocenters. The van der Waals surface area contributed by atoms with Gasteiger partial charge < -0.3 is 10.1 Å². The molecule has 0 saturated heterocycles. The lowest BCUT2D eigenvalue weighted by Gasteiger charge is -2.19. The normalized spacial score (nSPS) is 12.3. The predicted octanol–water partition coefficient (Wildman–Crippen LogP) is 5.04. The third-order valence-corrected chi connectivity index (χ3v) is 3.90. The van der Waals surface area contributed by atoms with Crippen molar-refractivity contribution in [3.63, 3.8) is 0 Å². The maximum atomic E-state index is 12.8. The molecule has 0 saturated carbocycles. The fraction of sp³-hybridized carbons (Fsp3) is 0.357. The van der Waals surface area contributed by atoms with Gasteiger partial charge in [0.15, 0.2) is 0 Å². The molecule has 0 aliphatic heterocycles. The van der Waals surface area contributed by atoms with Crippen molar-refractivity contribution in [3.8, 4) is 5.88 Å². The zero-order valence-electron chi connectivity index (χ0n) is 12.4. The van der Waals surface area contributed by atoms with Crippen molar-refractivity contribution in [2.75, 3.05) is 11.9 Å². The number of nitrogens with zero attached hydrogens (tertiary/aromatic N) is 3. The number of rotatable bonds is 7. The van der Waals surface area contributed by atoms with Crippen molar-refractivity contribution in [2.24, 2.45) is 0 Å². The number of aromatic nitrogens is 3. The molecular formula is C14H13Cl3F2N4O. The molecule has 2 aromatic heterocycles. The fourth-order valence-corrected chi connectivity index (χ4v) is 2.45. The summed E-state index contributed by atoms with van der Waals surface area (Å²) in [7, 11) is 0. The molecule has 10 heteroatoms. The van der Waals surface area contributed by atoms with Crippen molar-refractivity contribution in [1.82, 2.24) is 15.0 Å². The molecule has 0 aromatic carbocycles. The van der Waals surface area contributed by atoms with Gasteiger partial charge in [-0.1, -0.05) is 41.7 Å². The smallest absolute Gasteiger partial charge is 0.282 e. The zero-order valence-corrected chi connectivity index (χ0v) is 14.7. The third kappa shape index (κ3) is 4.78. The number of ether oxygens (including phenoxy) is 1. The molecule has 0 unspecified atom stereocenters. The van der Waals surface area contributed by atoms with Crippen LogP contribution in [-0.4, -0.2) is 27.6 Å². The first kappa shape index (κ1) is 18.9. The second-order valence-corrected chi connectivity index (χ2v) is 5.94. The molecule has 1 N–H and O–H groups in total. The predicted molar refractivity (Wildman–Crippen MR) is 89.5 cm³/mol. The first-order chi connectivity index (χ1) is 11.4. The van der Waals surface area contributed by atoms with Crippen LogP contribution in [0.15, 0.2) is 18.6 Å². The largest absolute Gasteiger partial charge is 0.474 e. The van der Waals surface area contributed by atoms with Crippen LogP contribution < -0.4 is 10.1 Å². The van der Waals surface area contributed by atoms with Crippen LogP contribution in [0.5, 0.6) is 5.88 Å². The summed E-state index contributed by atoms with van der Waals surface area (Å²) in [4.78, 5) is 11.4. The van der Waals surface area contributed by atoms with E-state index < -0.39 is 12.1 Å². The maximum Gasteiger partial charge on any atom is 0.282 e. The quantitative estimate of drug-likeness (QED) is 0.709. The molecule has 24 heavy (non-hydrogen) atoms. The van der Waals surface area contributed by atoms with E-state index in [4.69, 9.17) is 39.5 Å². The summed E-state index contributed by atoms with van der Waals surface area (Å²) in [6.07, 6.45) is 0.276. The summed E-state index contributed by atoms with van der Waals surface area (Å²) < 4.78 is 31.2. The van der Waals surface area contributed by atoms with Crippen LogP contribution in [0.1, 0.15) is 25.5 Å². The standard InChI is InChI=1S/C14H13Cl3F2N4O/c1-2-8(5-24-14-9(16)3-7(15)4-20-14)23-13-10(17)11(12(18)19)21-6-22-13/h3-4,6,8,12H,2,5H2,1H3,(H,21,22,23)/t8-/m0/s1. The molecule has 0 spiro atoms. The first-order valence-corrected chi connectivity index (χ1v) is 8.04. The molecule has 5 nitrogen and oxygen atoms in total. The van der Waals surface area contributed by atoms with Gasteiger partial charge in [-0.3, -0.25) is 0 Å². The van der Waals surface area contributed by atoms with Crippen molar-refractivity contribution < 1.29 is 13.5 Å². The van der Waals surface area contributed by atoms with E-state index in [9.17, 15) is 8.78 Å². The minimum absolute atomic E-state index is 0.118. The number of anilines is 1. The minimum Gasteiger partial charge on any atom is -0.474 e. The van der Waals surface area contributed by atoms with E-state index in [2.05, 4.69) is 20.3 Å². The van der Waals surface area contributed by atoms with Gasteiger partial charge in [0.25, 0.3) is 6.43 Å². The number of nitrogens with one attached hydrogen (secondary N) is 1. The molecule has 0 bridgehead atoms. The molecule has 0 fully saturated rings. The molecule has 2 heterocycles. The van der Waals surface area contributed by atoms with Gasteiger partial charge in [-0.2, -0.15) is 0 Å². The lowest BCUT2D eigenvalue weighted by molar-refractivity contribution is 0.146. The highest BCUT2D eigenvalue weighted by Gasteiger charge is 2.19. The number of hydrogen-bond donors (Lipinski definition) is 1. The van der Waals surface area contributed by atoms with E-state index in [1.54, 1.807) is 0 Å². The molecule has 0 amide bonds. The Kier molecular flexibility index (Phi) is 6.77. The lowest BCUT2D eigenvalue weighted by atomic mass is 10.2. The van der Waals surface area contributed by atoms with Crippen molar-refractivity contribution in [2.45, 2.75) is 25.8 Å². The average Bonchev–Trinajstić information content (AvgIpc) is 2.54. The first-order valence-electron chi connectivity index (χ1n) is 6.91. The SMILES string of the molecule is CC[C@@H](COc1ncc(Cl)cc1Cl)Nc1ncnc(C(F)F)c1Cl. The van der Waals surface area contributed by atoms with Gasteiger partial charge in [0, 0.05) is 6.20 Å². The van der Waals surface area contributed by atoms with Gasteiger partial charge >= 0.3 is 0 Å². The summed E-state index contributed by atoms with van der Waals surface area (Å²) in [6, 6.07) is 1.26. The molecule has 0 aliphatic carbocycles. The van der Waals surface area contributed by atoms with Crippen LogP contribution in [0, 0.1) is 0 Å². The Morgan fingerprint density at radius 2 is 1.96 bits per heavy atom. The van der Waals surface area contributed by atoms with Gasteiger partial charge in [-0.15, -0.1) is 0 Å². The molecule has 0 aliphatic rings. The highest BCUT2D eigenvalue weighted by Crippen LogP contribution is 2.30. The van der Waals surface area contributed by atoms with Gasteiger partial charge in [0.05, 0.1) is 11.1 Å². The van der Waals surface area contributed by atoms with Gasteiger partial charge in [-0.25, -0.2) is 23.7 Å². The molecule has 130 valence electrons. The molecule has 2 aromatic rings. The Hall–Kier alpha value is -1.44. The summed E-state index contributed by atoms with van der Waals surface area (Å²) >= 11 is 17.7. The second-order valence-electron chi connectivity index (χ2n) is 4.72. The van der Waals surface area contributed by atoms with E-state index >= 15 is 0 Å². The third-order valence-electron chi connectivity index (χ3n) is 3.05. The fourth-order valence-electron chi connectivity index (χ4n) is 1.78. The highest BCUT2D eigenvalue weighted by molar-refractivity contribution is 6.35. The molecular weight excluding hydrogens is 385 g/mol. The number of halogens is 5. The van der Waals surface area contributed by atoms with Gasteiger partial charge in [0.2, 0.25) is 5.88 Å². The van der Waals surface area contributed by atoms with Crippen LogP contribution in [0.4, 0.5) is 14.6 Å². The highest BCUT2D eigenvalue weighted by atomic mass is 35.5. The Morgan fingerprint density at radius 3 is 2.58 bits per heavy atom. The molecule has 2 rings (SSSR count). The number of pyridine rings is 1. The Balaban J connectivity index is 2.06. The topological polar surface area (TPSA) is 59.9 Å². The summed E-state index contributed by atoms with van der Waals surface area (Å²) in [5, 5.41) is 3.41. The lowest BCUT2D eigenvalue weighted by Crippen LogP contribution is -2.27. The zero-order chi connectivity index (χ0) is 17.7. The Labute approximate surface area is 152 Å². The summed E-state index contributed by atoms with van der Waals surface area (Å²) in [5.41, 5.74) is -0.521. The van der Waals surface area contributed by atoms with Crippen molar-refractivity contribution in [1.29, 1.82) is 0 Å². The average molecular weight is 398 g/mol. The maximum absolute atomic E-state index is 12.8. The van der Waals surface area contributed by atoms with Crippen LogP contribution >= 0.6 is 34.8 Å². The Morgan fingerprint density at radius 1 is 1.21 bits per heavy atom. The van der Waals surface area contributed by atoms with E-state index in [0.29, 0.717) is 11.4 Å². The monoisotopic (exact) mass is 396 g/mol.